The molecule has 2 aliphatic rings. The normalized spacial score (nSPS) is 23.7. The molecular formula is C13H14BrNO2. The number of hydrogen-bond donors (Lipinski definition) is 1. The molecule has 90 valence electrons. The van der Waals surface area contributed by atoms with E-state index in [0.29, 0.717) is 6.42 Å². The minimum absolute atomic E-state index is 0.00474. The molecule has 1 aromatic carbocycles. The van der Waals surface area contributed by atoms with Gasteiger partial charge in [-0.2, -0.15) is 0 Å². The van der Waals surface area contributed by atoms with Crippen molar-refractivity contribution in [2.45, 2.75) is 30.9 Å². The Hall–Kier alpha value is -1.03. The fraction of sp³-hybridized carbons (Fsp3) is 0.462. The second-order valence-corrected chi connectivity index (χ2v) is 5.38. The molecule has 0 saturated heterocycles. The molecule has 1 aliphatic heterocycles. The fourth-order valence-corrected chi connectivity index (χ4v) is 2.81. The average Bonchev–Trinajstić information content (AvgIpc) is 2.98. The predicted octanol–water partition coefficient (Wildman–Crippen LogP) is 2.03. The number of hydrogen-bond acceptors (Lipinski definition) is 2. The Kier molecular flexibility index (Phi) is 2.62. The van der Waals surface area contributed by atoms with Crippen LogP contribution in [0.15, 0.2) is 24.3 Å². The van der Waals surface area contributed by atoms with Crippen LogP contribution in [0.1, 0.15) is 18.4 Å². The smallest absolute Gasteiger partial charge is 0.261 e. The van der Waals surface area contributed by atoms with Gasteiger partial charge >= 0.3 is 0 Å². The molecular weight excluding hydrogens is 282 g/mol. The first-order chi connectivity index (χ1) is 8.22. The number of amides is 1. The molecule has 1 unspecified atom stereocenters. The van der Waals surface area contributed by atoms with Crippen molar-refractivity contribution in [2.24, 2.45) is 0 Å². The van der Waals surface area contributed by atoms with Gasteiger partial charge in [-0.3, -0.25) is 4.79 Å². The van der Waals surface area contributed by atoms with Crippen LogP contribution in [0.4, 0.5) is 0 Å². The van der Waals surface area contributed by atoms with Gasteiger partial charge in [0.1, 0.15) is 5.75 Å². The molecule has 4 heteroatoms. The van der Waals surface area contributed by atoms with Crippen molar-refractivity contribution < 1.29 is 9.53 Å². The van der Waals surface area contributed by atoms with Crippen LogP contribution < -0.4 is 10.1 Å². The molecule has 3 nitrogen and oxygen atoms in total. The molecule has 1 aromatic rings. The highest BCUT2D eigenvalue weighted by Crippen LogP contribution is 2.37. The highest BCUT2D eigenvalue weighted by atomic mass is 79.9. The Bertz CT molecular complexity index is 431. The third-order valence-corrected chi connectivity index (χ3v) is 4.51. The first kappa shape index (κ1) is 11.1. The van der Waals surface area contributed by atoms with Gasteiger partial charge in [0.05, 0.1) is 0 Å². The summed E-state index contributed by atoms with van der Waals surface area (Å²) in [5.74, 6) is 0.856. The molecule has 0 bridgehead atoms. The van der Waals surface area contributed by atoms with E-state index in [1.165, 1.54) is 0 Å². The number of para-hydroxylation sites is 1. The van der Waals surface area contributed by atoms with Gasteiger partial charge < -0.3 is 10.1 Å². The zero-order chi connectivity index (χ0) is 11.9. The number of alkyl halides is 1. The quantitative estimate of drug-likeness (QED) is 0.867. The molecule has 1 N–H and O–H groups in total. The molecule has 1 fully saturated rings. The maximum Gasteiger partial charge on any atom is 0.261 e. The summed E-state index contributed by atoms with van der Waals surface area (Å²) in [5.41, 5.74) is 1.12. The molecule has 0 radical (unpaired) electrons. The Morgan fingerprint density at radius 3 is 2.88 bits per heavy atom. The first-order valence-electron chi connectivity index (χ1n) is 5.85. The second-order valence-electron chi connectivity index (χ2n) is 4.82. The van der Waals surface area contributed by atoms with E-state index in [9.17, 15) is 4.79 Å². The molecule has 3 rings (SSSR count). The average molecular weight is 296 g/mol. The van der Waals surface area contributed by atoms with Crippen LogP contribution in [0.2, 0.25) is 0 Å². The van der Waals surface area contributed by atoms with E-state index in [1.807, 2.05) is 24.3 Å². The zero-order valence-corrected chi connectivity index (χ0v) is 11.0. The van der Waals surface area contributed by atoms with Crippen LogP contribution in [0.25, 0.3) is 0 Å². The van der Waals surface area contributed by atoms with E-state index in [1.54, 1.807) is 0 Å². The van der Waals surface area contributed by atoms with Crippen LogP contribution in [-0.2, 0) is 11.2 Å². The summed E-state index contributed by atoms with van der Waals surface area (Å²) in [5, 5.41) is 3.91. The van der Waals surface area contributed by atoms with Gasteiger partial charge in [-0.05, 0) is 24.5 Å². The Morgan fingerprint density at radius 2 is 2.24 bits per heavy atom. The number of carbonyl (C=O) groups is 1. The maximum absolute atomic E-state index is 12.1. The van der Waals surface area contributed by atoms with E-state index < -0.39 is 0 Å². The van der Waals surface area contributed by atoms with E-state index in [4.69, 9.17) is 4.74 Å². The van der Waals surface area contributed by atoms with E-state index >= 15 is 0 Å². The van der Waals surface area contributed by atoms with Crippen LogP contribution in [0.5, 0.6) is 5.75 Å². The summed E-state index contributed by atoms with van der Waals surface area (Å²) in [6.45, 7) is 0. The number of benzene rings is 1. The summed E-state index contributed by atoms with van der Waals surface area (Å²) in [7, 11) is 0. The number of carbonyl (C=O) groups excluding carboxylic acids is 1. The summed E-state index contributed by atoms with van der Waals surface area (Å²) >= 11 is 3.44. The van der Waals surface area contributed by atoms with Gasteiger partial charge in [0.25, 0.3) is 5.91 Å². The standard InChI is InChI=1S/C13H14BrNO2/c14-8-13(5-6-13)15-12(16)11-7-9-3-1-2-4-10(9)17-11/h1-4,11H,5-8H2,(H,15,16). The van der Waals surface area contributed by atoms with Gasteiger partial charge in [-0.25, -0.2) is 0 Å². The van der Waals surface area contributed by atoms with Crippen LogP contribution in [0.3, 0.4) is 0 Å². The molecule has 0 aromatic heterocycles. The monoisotopic (exact) mass is 295 g/mol. The zero-order valence-electron chi connectivity index (χ0n) is 9.41. The van der Waals surface area contributed by atoms with Gasteiger partial charge in [-0.1, -0.05) is 34.1 Å². The maximum atomic E-state index is 12.1. The van der Waals surface area contributed by atoms with Gasteiger partial charge in [-0.15, -0.1) is 0 Å². The van der Waals surface area contributed by atoms with Crippen LogP contribution in [0, 0.1) is 0 Å². The number of rotatable bonds is 3. The largest absolute Gasteiger partial charge is 0.480 e. The summed E-state index contributed by atoms with van der Waals surface area (Å²) < 4.78 is 5.66. The van der Waals surface area contributed by atoms with E-state index in [0.717, 1.165) is 29.5 Å². The molecule has 1 atom stereocenters. The van der Waals surface area contributed by atoms with Crippen molar-refractivity contribution >= 4 is 21.8 Å². The SMILES string of the molecule is O=C(NC1(CBr)CC1)C1Cc2ccccc2O1. The lowest BCUT2D eigenvalue weighted by Crippen LogP contribution is -2.45. The van der Waals surface area contributed by atoms with Crippen molar-refractivity contribution in [1.29, 1.82) is 0 Å². The minimum atomic E-state index is -0.357. The third-order valence-electron chi connectivity index (χ3n) is 3.44. The molecule has 17 heavy (non-hydrogen) atoms. The Balaban J connectivity index is 1.66. The molecule has 1 amide bonds. The summed E-state index contributed by atoms with van der Waals surface area (Å²) in [6.07, 6.45) is 2.44. The fourth-order valence-electron chi connectivity index (χ4n) is 2.11. The molecule has 0 spiro atoms. The number of nitrogens with one attached hydrogen (secondary N) is 1. The lowest BCUT2D eigenvalue weighted by Gasteiger charge is -2.17. The second kappa shape index (κ2) is 4.02. The van der Waals surface area contributed by atoms with Crippen molar-refractivity contribution in [3.05, 3.63) is 29.8 Å². The van der Waals surface area contributed by atoms with Crippen molar-refractivity contribution in [1.82, 2.24) is 5.32 Å². The van der Waals surface area contributed by atoms with E-state index in [2.05, 4.69) is 21.2 Å². The molecule has 1 saturated carbocycles. The lowest BCUT2D eigenvalue weighted by atomic mass is 10.1. The van der Waals surface area contributed by atoms with Gasteiger partial charge in [0, 0.05) is 17.3 Å². The van der Waals surface area contributed by atoms with Gasteiger partial charge in [0.2, 0.25) is 0 Å². The van der Waals surface area contributed by atoms with Crippen molar-refractivity contribution in [2.75, 3.05) is 5.33 Å². The highest BCUT2D eigenvalue weighted by molar-refractivity contribution is 9.09. The lowest BCUT2D eigenvalue weighted by molar-refractivity contribution is -0.128. The number of ether oxygens (including phenoxy) is 1. The first-order valence-corrected chi connectivity index (χ1v) is 6.97. The van der Waals surface area contributed by atoms with E-state index in [-0.39, 0.29) is 17.6 Å². The van der Waals surface area contributed by atoms with Crippen molar-refractivity contribution in [3.63, 3.8) is 0 Å². The number of halogens is 1. The number of fused-ring (bicyclic) bond motifs is 1. The predicted molar refractivity (Wildman–Crippen MR) is 68.5 cm³/mol. The summed E-state index contributed by atoms with van der Waals surface area (Å²) in [6, 6.07) is 7.84. The molecule has 1 heterocycles. The third kappa shape index (κ3) is 2.06. The van der Waals surface area contributed by atoms with Crippen LogP contribution in [-0.4, -0.2) is 22.9 Å². The Morgan fingerprint density at radius 1 is 1.47 bits per heavy atom. The van der Waals surface area contributed by atoms with Gasteiger partial charge in [0.15, 0.2) is 6.10 Å². The minimum Gasteiger partial charge on any atom is -0.480 e. The topological polar surface area (TPSA) is 38.3 Å². The Labute approximate surface area is 109 Å². The van der Waals surface area contributed by atoms with Crippen LogP contribution >= 0.6 is 15.9 Å². The highest BCUT2D eigenvalue weighted by Gasteiger charge is 2.44. The summed E-state index contributed by atoms with van der Waals surface area (Å²) in [4.78, 5) is 12.1. The van der Waals surface area contributed by atoms with Crippen molar-refractivity contribution in [3.8, 4) is 5.75 Å². The molecule has 1 aliphatic carbocycles.